The molecule has 3 aromatic carbocycles. The molecule has 12 heteroatoms. The first-order valence-electron chi connectivity index (χ1n) is 9.26. The van der Waals surface area contributed by atoms with Crippen molar-refractivity contribution in [3.8, 4) is 11.8 Å². The smallest absolute Gasteiger partial charge is 0.339 e. The summed E-state index contributed by atoms with van der Waals surface area (Å²) in [5.74, 6) is -0.983. The van der Waals surface area contributed by atoms with Gasteiger partial charge in [0.25, 0.3) is 11.6 Å². The van der Waals surface area contributed by atoms with Gasteiger partial charge in [-0.15, -0.1) is 0 Å². The average Bonchev–Trinajstić information content (AvgIpc) is 2.79. The number of benzene rings is 3. The van der Waals surface area contributed by atoms with E-state index >= 15 is 0 Å². The number of halogens is 2. The van der Waals surface area contributed by atoms with Crippen molar-refractivity contribution in [2.24, 2.45) is 0 Å². The molecule has 0 aliphatic carbocycles. The fourth-order valence-electron chi connectivity index (χ4n) is 2.68. The molecule has 0 aliphatic heterocycles. The van der Waals surface area contributed by atoms with Crippen LogP contribution in [0.1, 0.15) is 5.56 Å². The number of nitro groups is 1. The summed E-state index contributed by atoms with van der Waals surface area (Å²) >= 11 is 9.06. The van der Waals surface area contributed by atoms with Gasteiger partial charge in [0.05, 0.1) is 4.92 Å². The number of carbonyl (C=O) groups excluding carboxylic acids is 1. The maximum atomic E-state index is 12.7. The SMILES string of the molecule is N#C/C(=C\c1cc(Br)ccc1OS(=O)(=O)c1ccc(Cl)cc1)C(=O)Nc1cccc([N+](=O)[O-])c1. The summed E-state index contributed by atoms with van der Waals surface area (Å²) in [7, 11) is -4.24. The summed E-state index contributed by atoms with van der Waals surface area (Å²) < 4.78 is 31.1. The van der Waals surface area contributed by atoms with Crippen LogP contribution in [0.5, 0.6) is 5.75 Å². The summed E-state index contributed by atoms with van der Waals surface area (Å²) in [5, 5.41) is 23.2. The summed E-state index contributed by atoms with van der Waals surface area (Å²) in [6.07, 6.45) is 1.14. The maximum absolute atomic E-state index is 12.7. The van der Waals surface area contributed by atoms with E-state index in [2.05, 4.69) is 21.2 Å². The number of nitrogens with one attached hydrogen (secondary N) is 1. The molecule has 34 heavy (non-hydrogen) atoms. The summed E-state index contributed by atoms with van der Waals surface area (Å²) in [6, 6.07) is 16.6. The number of nitrogens with zero attached hydrogens (tertiary/aromatic N) is 2. The monoisotopic (exact) mass is 561 g/mol. The van der Waals surface area contributed by atoms with Crippen LogP contribution in [0.15, 0.2) is 81.7 Å². The third-order valence-electron chi connectivity index (χ3n) is 4.25. The Kier molecular flexibility index (Phi) is 7.68. The number of rotatable bonds is 7. The predicted octanol–water partition coefficient (Wildman–Crippen LogP) is 5.32. The Morgan fingerprint density at radius 2 is 1.85 bits per heavy atom. The van der Waals surface area contributed by atoms with Gasteiger partial charge in [0.15, 0.2) is 0 Å². The fraction of sp³-hybridized carbons (Fsp3) is 0. The van der Waals surface area contributed by atoms with Gasteiger partial charge in [-0.25, -0.2) is 0 Å². The number of hydrogen-bond donors (Lipinski definition) is 1. The second-order valence-corrected chi connectivity index (χ2v) is 9.50. The maximum Gasteiger partial charge on any atom is 0.339 e. The number of anilines is 1. The van der Waals surface area contributed by atoms with Gasteiger partial charge < -0.3 is 9.50 Å². The molecule has 0 aliphatic rings. The van der Waals surface area contributed by atoms with Crippen LogP contribution >= 0.6 is 27.5 Å². The van der Waals surface area contributed by atoms with Crippen molar-refractivity contribution in [2.75, 3.05) is 5.32 Å². The Hall–Kier alpha value is -3.72. The Labute approximate surface area is 207 Å². The lowest BCUT2D eigenvalue weighted by Gasteiger charge is -2.11. The van der Waals surface area contributed by atoms with E-state index in [1.165, 1.54) is 60.7 Å². The van der Waals surface area contributed by atoms with E-state index in [1.807, 2.05) is 0 Å². The molecule has 0 saturated carbocycles. The summed E-state index contributed by atoms with van der Waals surface area (Å²) in [4.78, 5) is 22.8. The van der Waals surface area contributed by atoms with Gasteiger partial charge in [-0.05, 0) is 54.6 Å². The van der Waals surface area contributed by atoms with Crippen molar-refractivity contribution in [3.05, 3.63) is 97.5 Å². The van der Waals surface area contributed by atoms with Crippen LogP contribution in [0.4, 0.5) is 11.4 Å². The number of non-ortho nitro benzene ring substituents is 1. The van der Waals surface area contributed by atoms with Crippen molar-refractivity contribution in [1.29, 1.82) is 5.26 Å². The molecule has 3 aromatic rings. The largest absolute Gasteiger partial charge is 0.378 e. The number of amides is 1. The highest BCUT2D eigenvalue weighted by Gasteiger charge is 2.20. The quantitative estimate of drug-likeness (QED) is 0.135. The third kappa shape index (κ3) is 6.20. The number of nitro benzene ring substituents is 1. The molecule has 1 amide bonds. The summed E-state index contributed by atoms with van der Waals surface area (Å²) in [6.45, 7) is 0. The lowest BCUT2D eigenvalue weighted by Crippen LogP contribution is -2.14. The van der Waals surface area contributed by atoms with Gasteiger partial charge in [0, 0.05) is 32.9 Å². The molecule has 172 valence electrons. The average molecular weight is 563 g/mol. The van der Waals surface area contributed by atoms with E-state index in [-0.39, 0.29) is 27.6 Å². The van der Waals surface area contributed by atoms with Crippen LogP contribution in [-0.2, 0) is 14.9 Å². The highest BCUT2D eigenvalue weighted by Crippen LogP contribution is 2.29. The molecule has 0 atom stereocenters. The van der Waals surface area contributed by atoms with Crippen molar-refractivity contribution in [1.82, 2.24) is 0 Å². The fourth-order valence-corrected chi connectivity index (χ4v) is 4.13. The molecule has 0 bridgehead atoms. The van der Waals surface area contributed by atoms with Gasteiger partial charge >= 0.3 is 10.1 Å². The lowest BCUT2D eigenvalue weighted by atomic mass is 10.1. The molecule has 0 spiro atoms. The van der Waals surface area contributed by atoms with Crippen molar-refractivity contribution in [2.45, 2.75) is 4.90 Å². The minimum absolute atomic E-state index is 0.108. The van der Waals surface area contributed by atoms with E-state index < -0.39 is 26.5 Å². The van der Waals surface area contributed by atoms with E-state index in [0.717, 1.165) is 12.1 Å². The van der Waals surface area contributed by atoms with Crippen molar-refractivity contribution < 1.29 is 22.3 Å². The van der Waals surface area contributed by atoms with Gasteiger partial charge in [-0.1, -0.05) is 33.6 Å². The van der Waals surface area contributed by atoms with Crippen LogP contribution < -0.4 is 9.50 Å². The number of nitriles is 1. The Balaban J connectivity index is 1.93. The zero-order chi connectivity index (χ0) is 24.9. The third-order valence-corrected chi connectivity index (χ3v) is 6.25. The number of hydrogen-bond acceptors (Lipinski definition) is 7. The zero-order valence-electron chi connectivity index (χ0n) is 16.9. The number of carbonyl (C=O) groups is 1. The zero-order valence-corrected chi connectivity index (χ0v) is 20.1. The molecular weight excluding hydrogens is 550 g/mol. The molecular formula is C22H13BrClN3O6S. The van der Waals surface area contributed by atoms with Crippen LogP contribution in [0.2, 0.25) is 5.02 Å². The first kappa shape index (κ1) is 24.9. The molecule has 0 heterocycles. The van der Waals surface area contributed by atoms with Gasteiger partial charge in [0.2, 0.25) is 0 Å². The Morgan fingerprint density at radius 3 is 2.50 bits per heavy atom. The van der Waals surface area contributed by atoms with E-state index in [4.69, 9.17) is 15.8 Å². The topological polar surface area (TPSA) is 139 Å². The molecule has 0 fully saturated rings. The van der Waals surface area contributed by atoms with E-state index in [9.17, 15) is 28.6 Å². The molecule has 0 unspecified atom stereocenters. The Morgan fingerprint density at radius 1 is 1.15 bits per heavy atom. The first-order chi connectivity index (χ1) is 16.1. The van der Waals surface area contributed by atoms with E-state index in [0.29, 0.717) is 9.50 Å². The van der Waals surface area contributed by atoms with Crippen LogP contribution in [0.3, 0.4) is 0 Å². The van der Waals surface area contributed by atoms with Gasteiger partial charge in [-0.2, -0.15) is 13.7 Å². The van der Waals surface area contributed by atoms with Crippen molar-refractivity contribution >= 4 is 61.0 Å². The highest BCUT2D eigenvalue weighted by molar-refractivity contribution is 9.10. The molecule has 1 N–H and O–H groups in total. The molecule has 0 saturated heterocycles. The van der Waals surface area contributed by atoms with E-state index in [1.54, 1.807) is 6.07 Å². The van der Waals surface area contributed by atoms with Gasteiger partial charge in [-0.3, -0.25) is 14.9 Å². The second-order valence-electron chi connectivity index (χ2n) is 6.60. The molecule has 3 rings (SSSR count). The molecule has 0 aromatic heterocycles. The van der Waals surface area contributed by atoms with Gasteiger partial charge in [0.1, 0.15) is 22.3 Å². The lowest BCUT2D eigenvalue weighted by molar-refractivity contribution is -0.384. The first-order valence-corrected chi connectivity index (χ1v) is 11.8. The minimum atomic E-state index is -4.24. The predicted molar refractivity (Wildman–Crippen MR) is 129 cm³/mol. The van der Waals surface area contributed by atoms with Crippen LogP contribution in [0.25, 0.3) is 6.08 Å². The second kappa shape index (κ2) is 10.5. The van der Waals surface area contributed by atoms with Crippen LogP contribution in [-0.4, -0.2) is 19.2 Å². The highest BCUT2D eigenvalue weighted by atomic mass is 79.9. The van der Waals surface area contributed by atoms with Crippen molar-refractivity contribution in [3.63, 3.8) is 0 Å². The van der Waals surface area contributed by atoms with Crippen LogP contribution in [0, 0.1) is 21.4 Å². The molecule has 0 radical (unpaired) electrons. The summed E-state index contributed by atoms with van der Waals surface area (Å²) in [5.41, 5.74) is -0.400. The Bertz CT molecular complexity index is 1450. The standard InChI is InChI=1S/C22H13BrClN3O6S/c23-16-4-9-21(33-34(31,32)20-7-5-17(24)6-8-20)14(11-16)10-15(13-25)22(28)26-18-2-1-3-19(12-18)27(29)30/h1-12H,(H,26,28)/b15-10+. The minimum Gasteiger partial charge on any atom is -0.378 e. The molecule has 9 nitrogen and oxygen atoms in total. The normalized spacial score (nSPS) is 11.4.